The van der Waals surface area contributed by atoms with Crippen molar-refractivity contribution < 1.29 is 24.2 Å². The van der Waals surface area contributed by atoms with Crippen molar-refractivity contribution in [3.05, 3.63) is 52.5 Å². The topological polar surface area (TPSA) is 93.9 Å². The molecule has 1 unspecified atom stereocenters. The van der Waals surface area contributed by atoms with Gasteiger partial charge >= 0.3 is 12.1 Å². The van der Waals surface area contributed by atoms with Gasteiger partial charge in [-0.05, 0) is 59.0 Å². The first-order valence-electron chi connectivity index (χ1n) is 10.8. The van der Waals surface area contributed by atoms with E-state index < -0.39 is 11.6 Å². The third-order valence-corrected chi connectivity index (χ3v) is 7.12. The van der Waals surface area contributed by atoms with Crippen LogP contribution in [0.4, 0.5) is 4.79 Å². The van der Waals surface area contributed by atoms with E-state index in [-0.39, 0.29) is 24.7 Å². The lowest BCUT2D eigenvalue weighted by molar-refractivity contribution is -0.152. The summed E-state index contributed by atoms with van der Waals surface area (Å²) in [5.74, 6) is -0.248. The third-order valence-electron chi connectivity index (χ3n) is 6.73. The third kappa shape index (κ3) is 4.83. The molecular formula is C23H28BrN3O5. The second-order valence-corrected chi connectivity index (χ2v) is 9.69. The van der Waals surface area contributed by atoms with Crippen LogP contribution in [0.3, 0.4) is 0 Å². The molecule has 0 bridgehead atoms. The molecule has 2 fully saturated rings. The standard InChI is InChI=1S/C23H28BrN3O5/c1-26-13-18(24)25-20(26)23(32-15-19(28)29)8-7-22(16-23)9-11-27(12-10-22)21(30)31-14-17-5-3-2-4-6-17/h2-6,13H,7-12,14-16H2,1H3,(H,28,29). The molecule has 9 heteroatoms. The Hall–Kier alpha value is -2.39. The summed E-state index contributed by atoms with van der Waals surface area (Å²) in [6.45, 7) is 1.14. The van der Waals surface area contributed by atoms with Crippen LogP contribution >= 0.6 is 15.9 Å². The van der Waals surface area contributed by atoms with E-state index >= 15 is 0 Å². The molecule has 32 heavy (non-hydrogen) atoms. The Morgan fingerprint density at radius 1 is 1.16 bits per heavy atom. The predicted octanol–water partition coefficient (Wildman–Crippen LogP) is 4.08. The van der Waals surface area contributed by atoms with Gasteiger partial charge in [-0.25, -0.2) is 14.6 Å². The summed E-state index contributed by atoms with van der Waals surface area (Å²) in [6.07, 6.45) is 5.53. The number of aliphatic carboxylic acids is 1. The van der Waals surface area contributed by atoms with Gasteiger partial charge in [-0.2, -0.15) is 0 Å². The fourth-order valence-electron chi connectivity index (χ4n) is 5.08. The summed E-state index contributed by atoms with van der Waals surface area (Å²) in [5, 5.41) is 9.22. The number of hydrogen-bond donors (Lipinski definition) is 1. The van der Waals surface area contributed by atoms with Gasteiger partial charge in [-0.3, -0.25) is 0 Å². The van der Waals surface area contributed by atoms with Crippen molar-refractivity contribution in [2.45, 2.75) is 44.3 Å². The van der Waals surface area contributed by atoms with Crippen LogP contribution in [0, 0.1) is 5.41 Å². The van der Waals surface area contributed by atoms with Crippen LogP contribution < -0.4 is 0 Å². The number of nitrogens with zero attached hydrogens (tertiary/aromatic N) is 3. The Bertz CT molecular complexity index is 971. The first-order chi connectivity index (χ1) is 15.3. The van der Waals surface area contributed by atoms with Crippen molar-refractivity contribution in [2.24, 2.45) is 12.5 Å². The predicted molar refractivity (Wildman–Crippen MR) is 120 cm³/mol. The van der Waals surface area contributed by atoms with Gasteiger partial charge in [0, 0.05) is 26.3 Å². The van der Waals surface area contributed by atoms with Gasteiger partial charge in [-0.15, -0.1) is 0 Å². The van der Waals surface area contributed by atoms with E-state index in [1.54, 1.807) is 4.90 Å². The number of imidazole rings is 1. The molecule has 4 rings (SSSR count). The molecular weight excluding hydrogens is 478 g/mol. The van der Waals surface area contributed by atoms with Crippen LogP contribution in [0.2, 0.25) is 0 Å². The Balaban J connectivity index is 1.40. The number of halogens is 1. The van der Waals surface area contributed by atoms with Gasteiger partial charge in [0.15, 0.2) is 0 Å². The van der Waals surface area contributed by atoms with Crippen LogP contribution in [0.5, 0.6) is 0 Å². The average molecular weight is 506 g/mol. The fraction of sp³-hybridized carbons (Fsp3) is 0.522. The molecule has 1 aliphatic heterocycles. The first-order valence-corrected chi connectivity index (χ1v) is 11.6. The van der Waals surface area contributed by atoms with E-state index in [1.807, 2.05) is 48.1 Å². The summed E-state index contributed by atoms with van der Waals surface area (Å²) >= 11 is 3.42. The maximum atomic E-state index is 12.5. The van der Waals surface area contributed by atoms with Crippen molar-refractivity contribution in [1.29, 1.82) is 0 Å². The number of carbonyl (C=O) groups is 2. The molecule has 0 radical (unpaired) electrons. The van der Waals surface area contributed by atoms with E-state index in [0.717, 1.165) is 30.7 Å². The zero-order valence-electron chi connectivity index (χ0n) is 18.1. The molecule has 1 saturated carbocycles. The van der Waals surface area contributed by atoms with E-state index in [9.17, 15) is 14.7 Å². The molecule has 1 aliphatic carbocycles. The number of carbonyl (C=O) groups excluding carboxylic acids is 1. The maximum Gasteiger partial charge on any atom is 0.410 e. The highest BCUT2D eigenvalue weighted by molar-refractivity contribution is 9.10. The summed E-state index contributed by atoms with van der Waals surface area (Å²) in [4.78, 5) is 30.2. The number of piperidine rings is 1. The SMILES string of the molecule is Cn1cc(Br)nc1C1(OCC(=O)O)CCC2(CCN(C(=O)OCc3ccccc3)CC2)C1. The second kappa shape index (κ2) is 9.23. The summed E-state index contributed by atoms with van der Waals surface area (Å²) in [5.41, 5.74) is 0.217. The maximum absolute atomic E-state index is 12.5. The lowest BCUT2D eigenvalue weighted by atomic mass is 9.76. The van der Waals surface area contributed by atoms with E-state index in [2.05, 4.69) is 20.9 Å². The largest absolute Gasteiger partial charge is 0.480 e. The zero-order valence-corrected chi connectivity index (χ0v) is 19.7. The number of carboxylic acids is 1. The number of hydrogen-bond acceptors (Lipinski definition) is 5. The number of amides is 1. The molecule has 2 heterocycles. The highest BCUT2D eigenvalue weighted by Crippen LogP contribution is 2.56. The van der Waals surface area contributed by atoms with Gasteiger partial charge in [0.25, 0.3) is 0 Å². The number of ether oxygens (including phenoxy) is 2. The zero-order chi connectivity index (χ0) is 22.8. The van der Waals surface area contributed by atoms with Gasteiger partial charge in [0.2, 0.25) is 0 Å². The normalized spacial score (nSPS) is 22.2. The number of benzene rings is 1. The Morgan fingerprint density at radius 2 is 1.88 bits per heavy atom. The molecule has 1 spiro atoms. The monoisotopic (exact) mass is 505 g/mol. The van der Waals surface area contributed by atoms with Crippen LogP contribution in [-0.4, -0.2) is 51.3 Å². The smallest absolute Gasteiger partial charge is 0.410 e. The minimum atomic E-state index is -0.991. The minimum absolute atomic E-state index is 0.00681. The van der Waals surface area contributed by atoms with Crippen molar-refractivity contribution in [2.75, 3.05) is 19.7 Å². The number of likely N-dealkylation sites (tertiary alicyclic amines) is 1. The number of aromatic nitrogens is 2. The van der Waals surface area contributed by atoms with Gasteiger partial charge in [-0.1, -0.05) is 30.3 Å². The molecule has 1 amide bonds. The van der Waals surface area contributed by atoms with Crippen LogP contribution in [0.1, 0.15) is 43.5 Å². The van der Waals surface area contributed by atoms with Crippen molar-refractivity contribution in [3.63, 3.8) is 0 Å². The molecule has 172 valence electrons. The minimum Gasteiger partial charge on any atom is -0.480 e. The molecule has 1 saturated heterocycles. The molecule has 1 aromatic heterocycles. The summed E-state index contributed by atoms with van der Waals surface area (Å²) in [7, 11) is 1.90. The summed E-state index contributed by atoms with van der Waals surface area (Å²) < 4.78 is 14.1. The highest BCUT2D eigenvalue weighted by Gasteiger charge is 2.53. The molecule has 1 aromatic carbocycles. The molecule has 1 atom stereocenters. The van der Waals surface area contributed by atoms with Crippen molar-refractivity contribution in [1.82, 2.24) is 14.5 Å². The first kappa shape index (κ1) is 22.8. The fourth-order valence-corrected chi connectivity index (χ4v) is 5.56. The molecule has 2 aromatic rings. The Kier molecular flexibility index (Phi) is 6.57. The van der Waals surface area contributed by atoms with Crippen molar-refractivity contribution in [3.8, 4) is 0 Å². The highest BCUT2D eigenvalue weighted by atomic mass is 79.9. The number of carboxylic acid groups (broad SMARTS) is 1. The van der Waals surface area contributed by atoms with E-state index in [0.29, 0.717) is 30.5 Å². The lowest BCUT2D eigenvalue weighted by Gasteiger charge is -2.40. The molecule has 2 aliphatic rings. The number of aryl methyl sites for hydroxylation is 1. The van der Waals surface area contributed by atoms with Crippen LogP contribution in [-0.2, 0) is 33.5 Å². The summed E-state index contributed by atoms with van der Waals surface area (Å²) in [6, 6.07) is 9.65. The Labute approximate surface area is 195 Å². The number of rotatable bonds is 6. The molecule has 8 nitrogen and oxygen atoms in total. The second-order valence-electron chi connectivity index (χ2n) is 8.88. The Morgan fingerprint density at radius 3 is 2.50 bits per heavy atom. The van der Waals surface area contributed by atoms with Gasteiger partial charge in [0.1, 0.15) is 29.2 Å². The lowest BCUT2D eigenvalue weighted by Crippen LogP contribution is -2.43. The van der Waals surface area contributed by atoms with Gasteiger partial charge < -0.3 is 24.0 Å². The van der Waals surface area contributed by atoms with Gasteiger partial charge in [0.05, 0.1) is 0 Å². The van der Waals surface area contributed by atoms with Crippen LogP contribution in [0.15, 0.2) is 41.1 Å². The quantitative estimate of drug-likeness (QED) is 0.635. The van der Waals surface area contributed by atoms with Crippen molar-refractivity contribution >= 4 is 28.0 Å². The average Bonchev–Trinajstić information content (AvgIpc) is 3.32. The molecule has 1 N–H and O–H groups in total. The van der Waals surface area contributed by atoms with E-state index in [4.69, 9.17) is 9.47 Å². The van der Waals surface area contributed by atoms with E-state index in [1.165, 1.54) is 0 Å². The van der Waals surface area contributed by atoms with Crippen LogP contribution in [0.25, 0.3) is 0 Å².